The van der Waals surface area contributed by atoms with E-state index < -0.39 is 16.0 Å². The highest BCUT2D eigenvalue weighted by atomic mass is 32.2. The molecule has 1 rings (SSSR count). The lowest BCUT2D eigenvalue weighted by Gasteiger charge is -2.09. The van der Waals surface area contributed by atoms with Crippen LogP contribution in [0.5, 0.6) is 0 Å². The zero-order valence-corrected chi connectivity index (χ0v) is 11.5. The summed E-state index contributed by atoms with van der Waals surface area (Å²) >= 11 is 0. The van der Waals surface area contributed by atoms with Gasteiger partial charge in [0.05, 0.1) is 11.0 Å². The molecule has 0 heterocycles. The topological polar surface area (TPSA) is 72.5 Å². The molecular formula is C12H17NO4S. The normalized spacial score (nSPS) is 11.6. The third kappa shape index (κ3) is 4.46. The fraction of sp³-hybridized carbons (Fsp3) is 0.417. The smallest absolute Gasteiger partial charge is 0.321 e. The highest BCUT2D eigenvalue weighted by Crippen LogP contribution is 2.09. The third-order valence-electron chi connectivity index (χ3n) is 2.10. The van der Waals surface area contributed by atoms with Crippen molar-refractivity contribution in [3.8, 4) is 0 Å². The zero-order valence-electron chi connectivity index (χ0n) is 10.6. The van der Waals surface area contributed by atoms with Crippen LogP contribution in [0.4, 0.5) is 0 Å². The van der Waals surface area contributed by atoms with Crippen LogP contribution in [0, 0.1) is 6.92 Å². The minimum atomic E-state index is -3.66. The van der Waals surface area contributed by atoms with Crippen molar-refractivity contribution >= 4 is 16.0 Å². The maximum atomic E-state index is 11.8. The minimum absolute atomic E-state index is 0.130. The lowest BCUT2D eigenvalue weighted by molar-refractivity contribution is -0.145. The molecule has 0 spiro atoms. The van der Waals surface area contributed by atoms with Crippen molar-refractivity contribution in [3.05, 3.63) is 29.8 Å². The van der Waals surface area contributed by atoms with Crippen LogP contribution >= 0.6 is 0 Å². The van der Waals surface area contributed by atoms with Crippen molar-refractivity contribution in [2.24, 2.45) is 0 Å². The summed E-state index contributed by atoms with van der Waals surface area (Å²) in [5, 5.41) is 0. The molecule has 0 aliphatic carbocycles. The molecule has 0 aromatic heterocycles. The molecule has 0 amide bonds. The predicted molar refractivity (Wildman–Crippen MR) is 67.6 cm³/mol. The number of aryl methyl sites for hydroxylation is 1. The first kappa shape index (κ1) is 14.7. The number of hydrogen-bond donors (Lipinski definition) is 1. The molecule has 100 valence electrons. The van der Waals surface area contributed by atoms with Crippen LogP contribution in [0.25, 0.3) is 0 Å². The number of sulfonamides is 1. The summed E-state index contributed by atoms with van der Waals surface area (Å²) in [6.45, 7) is 4.90. The molecule has 0 saturated heterocycles. The molecule has 0 atom stereocenters. The van der Waals surface area contributed by atoms with Gasteiger partial charge in [-0.2, -0.15) is 4.72 Å². The van der Waals surface area contributed by atoms with E-state index in [0.717, 1.165) is 5.56 Å². The molecule has 0 saturated carbocycles. The molecule has 1 aromatic rings. The van der Waals surface area contributed by atoms with Crippen molar-refractivity contribution in [1.29, 1.82) is 0 Å². The Hall–Kier alpha value is -1.40. The van der Waals surface area contributed by atoms with Crippen molar-refractivity contribution in [2.45, 2.75) is 31.8 Å². The van der Waals surface area contributed by atoms with Crippen molar-refractivity contribution in [3.63, 3.8) is 0 Å². The first-order valence-electron chi connectivity index (χ1n) is 5.57. The molecule has 0 fully saturated rings. The van der Waals surface area contributed by atoms with Gasteiger partial charge in [0.25, 0.3) is 0 Å². The Morgan fingerprint density at radius 1 is 1.28 bits per heavy atom. The fourth-order valence-electron chi connectivity index (χ4n) is 1.26. The van der Waals surface area contributed by atoms with Gasteiger partial charge in [0, 0.05) is 0 Å². The molecule has 0 aliphatic rings. The predicted octanol–water partition coefficient (Wildman–Crippen LogP) is 1.22. The van der Waals surface area contributed by atoms with Crippen LogP contribution in [-0.2, 0) is 19.6 Å². The highest BCUT2D eigenvalue weighted by Gasteiger charge is 2.16. The Bertz CT molecular complexity index is 505. The van der Waals surface area contributed by atoms with Gasteiger partial charge in [-0.05, 0) is 32.9 Å². The highest BCUT2D eigenvalue weighted by molar-refractivity contribution is 7.89. The zero-order chi connectivity index (χ0) is 13.8. The second-order valence-corrected chi connectivity index (χ2v) is 5.94. The molecule has 5 nitrogen and oxygen atoms in total. The first-order chi connectivity index (χ1) is 8.31. The number of carbonyl (C=O) groups excluding carboxylic acids is 1. The van der Waals surface area contributed by atoms with E-state index in [4.69, 9.17) is 4.74 Å². The number of rotatable bonds is 5. The van der Waals surface area contributed by atoms with E-state index in [0.29, 0.717) is 0 Å². The summed E-state index contributed by atoms with van der Waals surface area (Å²) in [7, 11) is -3.66. The summed E-state index contributed by atoms with van der Waals surface area (Å²) in [6, 6.07) is 6.37. The van der Waals surface area contributed by atoms with E-state index in [9.17, 15) is 13.2 Å². The van der Waals surface area contributed by atoms with Gasteiger partial charge in [-0.15, -0.1) is 0 Å². The number of benzene rings is 1. The summed E-state index contributed by atoms with van der Waals surface area (Å²) < 4.78 is 30.7. The molecule has 0 radical (unpaired) electrons. The fourth-order valence-corrected chi connectivity index (χ4v) is 2.23. The molecular weight excluding hydrogens is 254 g/mol. The van der Waals surface area contributed by atoms with E-state index in [1.807, 2.05) is 6.92 Å². The molecule has 6 heteroatoms. The summed E-state index contributed by atoms with van der Waals surface area (Å²) in [5.74, 6) is -0.597. The van der Waals surface area contributed by atoms with Crippen molar-refractivity contribution < 1.29 is 17.9 Å². The molecule has 0 bridgehead atoms. The van der Waals surface area contributed by atoms with Gasteiger partial charge in [0.1, 0.15) is 6.54 Å². The number of esters is 1. The summed E-state index contributed by atoms with van der Waals surface area (Å²) in [5.41, 5.74) is 0.966. The van der Waals surface area contributed by atoms with E-state index >= 15 is 0 Å². The van der Waals surface area contributed by atoms with Crippen molar-refractivity contribution in [1.82, 2.24) is 4.72 Å². The summed E-state index contributed by atoms with van der Waals surface area (Å²) in [4.78, 5) is 11.4. The average molecular weight is 271 g/mol. The van der Waals surface area contributed by atoms with Crippen LogP contribution in [0.15, 0.2) is 29.2 Å². The Morgan fingerprint density at radius 2 is 1.83 bits per heavy atom. The maximum Gasteiger partial charge on any atom is 0.321 e. The van der Waals surface area contributed by atoms with Gasteiger partial charge in [0.2, 0.25) is 10.0 Å². The molecule has 1 N–H and O–H groups in total. The Morgan fingerprint density at radius 3 is 2.33 bits per heavy atom. The monoisotopic (exact) mass is 271 g/mol. The quantitative estimate of drug-likeness (QED) is 0.817. The van der Waals surface area contributed by atoms with E-state index in [1.165, 1.54) is 12.1 Å². The maximum absolute atomic E-state index is 11.8. The molecule has 1 aromatic carbocycles. The Labute approximate surface area is 107 Å². The first-order valence-corrected chi connectivity index (χ1v) is 7.05. The second kappa shape index (κ2) is 5.97. The average Bonchev–Trinajstić information content (AvgIpc) is 2.26. The lowest BCUT2D eigenvalue weighted by Crippen LogP contribution is -2.31. The number of nitrogens with one attached hydrogen (secondary N) is 1. The van der Waals surface area contributed by atoms with Crippen LogP contribution in [0.2, 0.25) is 0 Å². The van der Waals surface area contributed by atoms with Gasteiger partial charge in [-0.3, -0.25) is 4.79 Å². The Balaban J connectivity index is 2.66. The lowest BCUT2D eigenvalue weighted by atomic mass is 10.2. The number of ether oxygens (including phenoxy) is 1. The van der Waals surface area contributed by atoms with E-state index in [2.05, 4.69) is 4.72 Å². The SMILES string of the molecule is Cc1ccc(S(=O)(=O)NCC(=O)OC(C)C)cc1. The third-order valence-corrected chi connectivity index (χ3v) is 3.52. The van der Waals surface area contributed by atoms with Crippen LogP contribution in [0.3, 0.4) is 0 Å². The van der Waals surface area contributed by atoms with Gasteiger partial charge in [0.15, 0.2) is 0 Å². The van der Waals surface area contributed by atoms with Gasteiger partial charge < -0.3 is 4.74 Å². The Kier molecular flexibility index (Phi) is 4.86. The minimum Gasteiger partial charge on any atom is -0.462 e. The van der Waals surface area contributed by atoms with Crippen molar-refractivity contribution in [2.75, 3.05) is 6.54 Å². The molecule has 18 heavy (non-hydrogen) atoms. The standard InChI is InChI=1S/C12H17NO4S/c1-9(2)17-12(14)8-13-18(15,16)11-6-4-10(3)5-7-11/h4-7,9,13H,8H2,1-3H3. The van der Waals surface area contributed by atoms with Crippen LogP contribution in [-0.4, -0.2) is 27.0 Å². The van der Waals surface area contributed by atoms with Gasteiger partial charge in [-0.1, -0.05) is 17.7 Å². The van der Waals surface area contributed by atoms with Gasteiger partial charge in [-0.25, -0.2) is 8.42 Å². The van der Waals surface area contributed by atoms with Gasteiger partial charge >= 0.3 is 5.97 Å². The van der Waals surface area contributed by atoms with E-state index in [1.54, 1.807) is 26.0 Å². The second-order valence-electron chi connectivity index (χ2n) is 4.18. The number of hydrogen-bond acceptors (Lipinski definition) is 4. The molecule has 0 unspecified atom stereocenters. The number of carbonyl (C=O) groups is 1. The van der Waals surface area contributed by atoms with Crippen LogP contribution in [0.1, 0.15) is 19.4 Å². The largest absolute Gasteiger partial charge is 0.462 e. The van der Waals surface area contributed by atoms with Crippen LogP contribution < -0.4 is 4.72 Å². The van der Waals surface area contributed by atoms with E-state index in [-0.39, 0.29) is 17.5 Å². The summed E-state index contributed by atoms with van der Waals surface area (Å²) in [6.07, 6.45) is -0.263. The molecule has 0 aliphatic heterocycles.